The third-order valence-corrected chi connectivity index (χ3v) is 2.63. The fraction of sp³-hybridized carbons (Fsp3) is 0.154. The zero-order valence-electron chi connectivity index (χ0n) is 9.64. The lowest BCUT2D eigenvalue weighted by molar-refractivity contribution is 0.0658. The molecule has 1 heterocycles. The number of furan rings is 1. The van der Waals surface area contributed by atoms with Gasteiger partial charge in [0.2, 0.25) is 5.76 Å². The number of carbonyl (C=O) groups is 1. The normalized spacial score (nSPS) is 10.3. The Morgan fingerprint density at radius 1 is 1.39 bits per heavy atom. The Hall–Kier alpha value is -1.94. The van der Waals surface area contributed by atoms with E-state index in [-0.39, 0.29) is 12.4 Å². The van der Waals surface area contributed by atoms with Gasteiger partial charge in [-0.25, -0.2) is 4.79 Å². The summed E-state index contributed by atoms with van der Waals surface area (Å²) in [6, 6.07) is 8.30. The highest BCUT2D eigenvalue weighted by Gasteiger charge is 2.09. The monoisotopic (exact) mass is 266 g/mol. The quantitative estimate of drug-likeness (QED) is 0.920. The van der Waals surface area contributed by atoms with Gasteiger partial charge in [0, 0.05) is 5.02 Å². The number of aryl methyl sites for hydroxylation is 1. The second kappa shape index (κ2) is 5.14. The summed E-state index contributed by atoms with van der Waals surface area (Å²) in [7, 11) is 0. The van der Waals surface area contributed by atoms with Crippen LogP contribution in [0.3, 0.4) is 0 Å². The van der Waals surface area contributed by atoms with E-state index < -0.39 is 5.97 Å². The maximum atomic E-state index is 10.6. The van der Waals surface area contributed by atoms with Crippen LogP contribution in [0.2, 0.25) is 5.02 Å². The van der Waals surface area contributed by atoms with Crippen molar-refractivity contribution in [1.82, 2.24) is 0 Å². The fourth-order valence-electron chi connectivity index (χ4n) is 1.45. The number of aromatic carboxylic acids is 1. The molecule has 1 N–H and O–H groups in total. The number of rotatable bonds is 4. The topological polar surface area (TPSA) is 59.7 Å². The summed E-state index contributed by atoms with van der Waals surface area (Å²) in [4.78, 5) is 10.6. The third-order valence-electron chi connectivity index (χ3n) is 2.39. The first-order chi connectivity index (χ1) is 8.56. The predicted octanol–water partition coefficient (Wildman–Crippen LogP) is 3.52. The largest absolute Gasteiger partial charge is 0.485 e. The minimum absolute atomic E-state index is 0.101. The first-order valence-electron chi connectivity index (χ1n) is 5.27. The number of carboxylic acids is 1. The van der Waals surface area contributed by atoms with Gasteiger partial charge in [0.25, 0.3) is 0 Å². The molecule has 4 nitrogen and oxygen atoms in total. The highest BCUT2D eigenvalue weighted by Crippen LogP contribution is 2.23. The maximum Gasteiger partial charge on any atom is 0.371 e. The third kappa shape index (κ3) is 2.84. The number of hydrogen-bond donors (Lipinski definition) is 1. The minimum atomic E-state index is -1.10. The van der Waals surface area contributed by atoms with Crippen molar-refractivity contribution in [2.75, 3.05) is 0 Å². The molecule has 0 spiro atoms. The van der Waals surface area contributed by atoms with E-state index in [2.05, 4.69) is 0 Å². The van der Waals surface area contributed by atoms with Gasteiger partial charge in [-0.1, -0.05) is 17.7 Å². The van der Waals surface area contributed by atoms with Crippen LogP contribution in [0.25, 0.3) is 0 Å². The number of carboxylic acid groups (broad SMARTS) is 1. The molecule has 0 fully saturated rings. The van der Waals surface area contributed by atoms with Crippen LogP contribution in [0.1, 0.15) is 21.9 Å². The highest BCUT2D eigenvalue weighted by atomic mass is 35.5. The number of halogens is 1. The Morgan fingerprint density at radius 3 is 2.83 bits per heavy atom. The Morgan fingerprint density at radius 2 is 2.17 bits per heavy atom. The van der Waals surface area contributed by atoms with Crippen molar-refractivity contribution in [2.45, 2.75) is 13.5 Å². The van der Waals surface area contributed by atoms with Crippen LogP contribution in [-0.2, 0) is 6.61 Å². The van der Waals surface area contributed by atoms with Gasteiger partial charge in [-0.3, -0.25) is 0 Å². The molecule has 0 amide bonds. The summed E-state index contributed by atoms with van der Waals surface area (Å²) < 4.78 is 10.6. The molecule has 0 saturated carbocycles. The molecular weight excluding hydrogens is 256 g/mol. The molecule has 0 aliphatic heterocycles. The molecule has 18 heavy (non-hydrogen) atoms. The molecule has 1 aromatic heterocycles. The van der Waals surface area contributed by atoms with Crippen LogP contribution in [0.15, 0.2) is 34.7 Å². The van der Waals surface area contributed by atoms with E-state index in [9.17, 15) is 4.79 Å². The van der Waals surface area contributed by atoms with E-state index in [1.54, 1.807) is 18.2 Å². The lowest BCUT2D eigenvalue weighted by Crippen LogP contribution is -1.96. The standard InChI is InChI=1S/C13H11ClO4/c1-8-2-3-9(14)6-12(8)17-7-10-4-5-11(18-10)13(15)16/h2-6H,7H2,1H3,(H,15,16). The molecule has 5 heteroatoms. The van der Waals surface area contributed by atoms with Crippen molar-refractivity contribution in [2.24, 2.45) is 0 Å². The minimum Gasteiger partial charge on any atom is -0.485 e. The van der Waals surface area contributed by atoms with Crippen molar-refractivity contribution in [1.29, 1.82) is 0 Å². The molecular formula is C13H11ClO4. The SMILES string of the molecule is Cc1ccc(Cl)cc1OCc1ccc(C(=O)O)o1. The van der Waals surface area contributed by atoms with Crippen molar-refractivity contribution < 1.29 is 19.1 Å². The first-order valence-corrected chi connectivity index (χ1v) is 5.65. The Labute approximate surface area is 109 Å². The molecule has 2 aromatic rings. The lowest BCUT2D eigenvalue weighted by Gasteiger charge is -2.07. The van der Waals surface area contributed by atoms with E-state index in [1.807, 2.05) is 13.0 Å². The van der Waals surface area contributed by atoms with Crippen LogP contribution in [-0.4, -0.2) is 11.1 Å². The van der Waals surface area contributed by atoms with Crippen molar-refractivity contribution >= 4 is 17.6 Å². The van der Waals surface area contributed by atoms with Crippen molar-refractivity contribution in [3.63, 3.8) is 0 Å². The van der Waals surface area contributed by atoms with Crippen LogP contribution in [0, 0.1) is 6.92 Å². The van der Waals surface area contributed by atoms with Gasteiger partial charge in [-0.05, 0) is 36.8 Å². The van der Waals surface area contributed by atoms with Gasteiger partial charge in [0.1, 0.15) is 18.1 Å². The van der Waals surface area contributed by atoms with Crippen LogP contribution in [0.4, 0.5) is 0 Å². The van der Waals surface area contributed by atoms with Gasteiger partial charge >= 0.3 is 5.97 Å². The molecule has 1 aromatic carbocycles. The van der Waals surface area contributed by atoms with Gasteiger partial charge < -0.3 is 14.3 Å². The number of ether oxygens (including phenoxy) is 1. The van der Waals surface area contributed by atoms with E-state index in [4.69, 9.17) is 25.9 Å². The smallest absolute Gasteiger partial charge is 0.371 e. The molecule has 0 aliphatic rings. The number of benzene rings is 1. The Kier molecular flexibility index (Phi) is 3.58. The van der Waals surface area contributed by atoms with Crippen molar-refractivity contribution in [3.8, 4) is 5.75 Å². The highest BCUT2D eigenvalue weighted by molar-refractivity contribution is 6.30. The second-order valence-electron chi connectivity index (χ2n) is 3.77. The summed E-state index contributed by atoms with van der Waals surface area (Å²) in [6.45, 7) is 2.06. The summed E-state index contributed by atoms with van der Waals surface area (Å²) in [5.74, 6) is -0.0980. The van der Waals surface area contributed by atoms with Gasteiger partial charge in [0.15, 0.2) is 0 Å². The molecule has 0 aliphatic carbocycles. The van der Waals surface area contributed by atoms with E-state index in [1.165, 1.54) is 6.07 Å². The first kappa shape index (κ1) is 12.5. The average molecular weight is 267 g/mol. The van der Waals surface area contributed by atoms with E-state index in [0.717, 1.165) is 5.56 Å². The summed E-state index contributed by atoms with van der Waals surface area (Å²) >= 11 is 5.86. The molecule has 0 saturated heterocycles. The van der Waals surface area contributed by atoms with E-state index >= 15 is 0 Å². The molecule has 0 radical (unpaired) electrons. The summed E-state index contributed by atoms with van der Waals surface area (Å²) in [6.07, 6.45) is 0. The van der Waals surface area contributed by atoms with Gasteiger partial charge in [0.05, 0.1) is 0 Å². The zero-order chi connectivity index (χ0) is 13.1. The van der Waals surface area contributed by atoms with Crippen LogP contribution in [0.5, 0.6) is 5.75 Å². The Bertz CT molecular complexity index is 574. The summed E-state index contributed by atoms with van der Waals surface area (Å²) in [5.41, 5.74) is 0.949. The molecule has 94 valence electrons. The lowest BCUT2D eigenvalue weighted by atomic mass is 10.2. The van der Waals surface area contributed by atoms with E-state index in [0.29, 0.717) is 16.5 Å². The van der Waals surface area contributed by atoms with Crippen LogP contribution >= 0.6 is 11.6 Å². The zero-order valence-corrected chi connectivity index (χ0v) is 10.4. The molecule has 2 rings (SSSR count). The maximum absolute atomic E-state index is 10.6. The van der Waals surface area contributed by atoms with Crippen LogP contribution < -0.4 is 4.74 Å². The summed E-state index contributed by atoms with van der Waals surface area (Å²) in [5, 5.41) is 9.30. The van der Waals surface area contributed by atoms with Gasteiger partial charge in [-0.15, -0.1) is 0 Å². The molecule has 0 bridgehead atoms. The molecule has 0 atom stereocenters. The van der Waals surface area contributed by atoms with Gasteiger partial charge in [-0.2, -0.15) is 0 Å². The van der Waals surface area contributed by atoms with Crippen molar-refractivity contribution in [3.05, 3.63) is 52.4 Å². The predicted molar refractivity (Wildman–Crippen MR) is 66.2 cm³/mol. The average Bonchev–Trinajstić information content (AvgIpc) is 2.79. The molecule has 0 unspecified atom stereocenters. The number of hydrogen-bond acceptors (Lipinski definition) is 3. The fourth-order valence-corrected chi connectivity index (χ4v) is 1.61. The second-order valence-corrected chi connectivity index (χ2v) is 4.21. The Balaban J connectivity index is 2.06.